The minimum absolute atomic E-state index is 0.0202. The van der Waals surface area contributed by atoms with Gasteiger partial charge in [-0.3, -0.25) is 9.69 Å². The van der Waals surface area contributed by atoms with Gasteiger partial charge in [0.25, 0.3) is 0 Å². The summed E-state index contributed by atoms with van der Waals surface area (Å²) < 4.78 is 0.835. The summed E-state index contributed by atoms with van der Waals surface area (Å²) in [6.07, 6.45) is 0. The van der Waals surface area contributed by atoms with Crippen molar-refractivity contribution in [2.45, 2.75) is 6.04 Å². The molecule has 3 rings (SSSR count). The number of Topliss-reactive ketones (excluding diaryl/α,β-unsaturated/α-hetero) is 1. The predicted octanol–water partition coefficient (Wildman–Crippen LogP) is 1.34. The van der Waals surface area contributed by atoms with Crippen molar-refractivity contribution < 1.29 is 9.59 Å². The van der Waals surface area contributed by atoms with Crippen molar-refractivity contribution >= 4 is 27.7 Å². The van der Waals surface area contributed by atoms with Crippen LogP contribution in [0.1, 0.15) is 10.4 Å². The van der Waals surface area contributed by atoms with Crippen molar-refractivity contribution in [1.82, 2.24) is 15.1 Å². The van der Waals surface area contributed by atoms with Crippen molar-refractivity contribution in [2.24, 2.45) is 0 Å². The van der Waals surface area contributed by atoms with Crippen LogP contribution in [0.2, 0.25) is 0 Å². The number of fused-ring (bicyclic) bond motifs is 1. The molecular weight excluding hydrogens is 322 g/mol. The fourth-order valence-electron chi connectivity index (χ4n) is 2.79. The average Bonchev–Trinajstić information content (AvgIpc) is 2.80. The molecule has 0 aliphatic carbocycles. The smallest absolute Gasteiger partial charge is 0.317 e. The molecule has 0 radical (unpaired) electrons. The SMILES string of the molecule is O=C(CN1CCN2C(=O)NCC2C1)c1ccccc1Br. The number of carbonyl (C=O) groups excluding carboxylic acids is 2. The summed E-state index contributed by atoms with van der Waals surface area (Å²) >= 11 is 3.41. The number of piperazine rings is 1. The van der Waals surface area contributed by atoms with E-state index in [0.717, 1.165) is 23.1 Å². The minimum atomic E-state index is 0.0202. The molecule has 106 valence electrons. The van der Waals surface area contributed by atoms with Gasteiger partial charge in [0.15, 0.2) is 5.78 Å². The van der Waals surface area contributed by atoms with Gasteiger partial charge < -0.3 is 10.2 Å². The van der Waals surface area contributed by atoms with Gasteiger partial charge in [-0.25, -0.2) is 4.79 Å². The number of halogens is 1. The second-order valence-electron chi connectivity index (χ2n) is 5.17. The zero-order valence-corrected chi connectivity index (χ0v) is 12.6. The largest absolute Gasteiger partial charge is 0.336 e. The summed E-state index contributed by atoms with van der Waals surface area (Å²) in [6, 6.07) is 7.70. The molecule has 2 saturated heterocycles. The molecule has 2 aliphatic rings. The van der Waals surface area contributed by atoms with Gasteiger partial charge in [0, 0.05) is 36.2 Å². The van der Waals surface area contributed by atoms with Crippen LogP contribution < -0.4 is 5.32 Å². The molecule has 0 bridgehead atoms. The van der Waals surface area contributed by atoms with Crippen LogP contribution in [0.15, 0.2) is 28.7 Å². The summed E-state index contributed by atoms with van der Waals surface area (Å²) in [5, 5.41) is 2.84. The van der Waals surface area contributed by atoms with Gasteiger partial charge >= 0.3 is 6.03 Å². The van der Waals surface area contributed by atoms with Gasteiger partial charge in [0.1, 0.15) is 0 Å². The normalized spacial score (nSPS) is 22.6. The summed E-state index contributed by atoms with van der Waals surface area (Å²) in [4.78, 5) is 27.8. The Morgan fingerprint density at radius 2 is 2.15 bits per heavy atom. The molecule has 1 unspecified atom stereocenters. The van der Waals surface area contributed by atoms with Crippen LogP contribution in [0.5, 0.6) is 0 Å². The molecule has 5 nitrogen and oxygen atoms in total. The average molecular weight is 338 g/mol. The first-order valence-electron chi connectivity index (χ1n) is 6.69. The second-order valence-corrected chi connectivity index (χ2v) is 6.03. The van der Waals surface area contributed by atoms with Gasteiger partial charge in [0.2, 0.25) is 0 Å². The highest BCUT2D eigenvalue weighted by atomic mass is 79.9. The molecule has 1 N–H and O–H groups in total. The molecule has 2 heterocycles. The molecule has 1 aromatic rings. The van der Waals surface area contributed by atoms with Crippen LogP contribution in [-0.4, -0.2) is 60.4 Å². The summed E-state index contributed by atoms with van der Waals surface area (Å²) in [5.41, 5.74) is 0.718. The van der Waals surface area contributed by atoms with Crippen molar-refractivity contribution in [1.29, 1.82) is 0 Å². The van der Waals surface area contributed by atoms with Crippen molar-refractivity contribution in [3.63, 3.8) is 0 Å². The van der Waals surface area contributed by atoms with Crippen LogP contribution in [0.3, 0.4) is 0 Å². The number of benzene rings is 1. The second kappa shape index (κ2) is 5.54. The van der Waals surface area contributed by atoms with E-state index < -0.39 is 0 Å². The Morgan fingerprint density at radius 1 is 1.35 bits per heavy atom. The van der Waals surface area contributed by atoms with Crippen LogP contribution in [0, 0.1) is 0 Å². The summed E-state index contributed by atoms with van der Waals surface area (Å²) in [6.45, 7) is 3.29. The monoisotopic (exact) mass is 337 g/mol. The number of hydrogen-bond acceptors (Lipinski definition) is 3. The van der Waals surface area contributed by atoms with Crippen molar-refractivity contribution in [3.8, 4) is 0 Å². The van der Waals surface area contributed by atoms with E-state index in [1.54, 1.807) is 0 Å². The molecule has 2 fully saturated rings. The molecule has 1 atom stereocenters. The maximum absolute atomic E-state index is 12.3. The van der Waals surface area contributed by atoms with Gasteiger partial charge in [-0.15, -0.1) is 0 Å². The maximum atomic E-state index is 12.3. The van der Waals surface area contributed by atoms with Gasteiger partial charge in [0.05, 0.1) is 12.6 Å². The Hall–Kier alpha value is -1.40. The lowest BCUT2D eigenvalue weighted by molar-refractivity contribution is 0.0837. The molecular formula is C14H16BrN3O2. The molecule has 6 heteroatoms. The Labute approximate surface area is 126 Å². The van der Waals surface area contributed by atoms with E-state index in [1.807, 2.05) is 29.2 Å². The van der Waals surface area contributed by atoms with E-state index in [2.05, 4.69) is 26.1 Å². The van der Waals surface area contributed by atoms with Gasteiger partial charge in [-0.2, -0.15) is 0 Å². The van der Waals surface area contributed by atoms with Crippen molar-refractivity contribution in [2.75, 3.05) is 32.7 Å². The van der Waals surface area contributed by atoms with E-state index in [-0.39, 0.29) is 17.9 Å². The number of nitrogens with zero attached hydrogens (tertiary/aromatic N) is 2. The number of urea groups is 1. The first-order valence-corrected chi connectivity index (χ1v) is 7.49. The first-order chi connectivity index (χ1) is 9.65. The summed E-state index contributed by atoms with van der Waals surface area (Å²) in [5.74, 6) is 0.114. The minimum Gasteiger partial charge on any atom is -0.336 e. The van der Waals surface area contributed by atoms with Crippen LogP contribution >= 0.6 is 15.9 Å². The fourth-order valence-corrected chi connectivity index (χ4v) is 3.29. The highest BCUT2D eigenvalue weighted by molar-refractivity contribution is 9.10. The Kier molecular flexibility index (Phi) is 3.76. The number of nitrogens with one attached hydrogen (secondary N) is 1. The van der Waals surface area contributed by atoms with Gasteiger partial charge in [-0.05, 0) is 6.07 Å². The van der Waals surface area contributed by atoms with E-state index in [0.29, 0.717) is 19.6 Å². The number of hydrogen-bond donors (Lipinski definition) is 1. The summed E-state index contributed by atoms with van der Waals surface area (Å²) in [7, 11) is 0. The molecule has 2 amide bonds. The molecule has 2 aliphatic heterocycles. The third-order valence-electron chi connectivity index (χ3n) is 3.86. The first kappa shape index (κ1) is 13.6. The van der Waals surface area contributed by atoms with E-state index >= 15 is 0 Å². The van der Waals surface area contributed by atoms with Crippen molar-refractivity contribution in [3.05, 3.63) is 34.3 Å². The zero-order chi connectivity index (χ0) is 14.1. The number of carbonyl (C=O) groups is 2. The highest BCUT2D eigenvalue weighted by Gasteiger charge is 2.35. The molecule has 0 aromatic heterocycles. The third-order valence-corrected chi connectivity index (χ3v) is 4.55. The number of rotatable bonds is 3. The van der Waals surface area contributed by atoms with E-state index in [9.17, 15) is 9.59 Å². The molecule has 0 saturated carbocycles. The van der Waals surface area contributed by atoms with Crippen LogP contribution in [0.25, 0.3) is 0 Å². The Morgan fingerprint density at radius 3 is 2.95 bits per heavy atom. The lowest BCUT2D eigenvalue weighted by Gasteiger charge is -2.36. The molecule has 1 aromatic carbocycles. The standard InChI is InChI=1S/C14H16BrN3O2/c15-12-4-2-1-3-11(12)13(19)9-17-5-6-18-10(8-17)7-16-14(18)20/h1-4,10H,5-9H2,(H,16,20). The van der Waals surface area contributed by atoms with E-state index in [1.165, 1.54) is 0 Å². The Balaban J connectivity index is 1.63. The lowest BCUT2D eigenvalue weighted by atomic mass is 10.1. The molecule has 20 heavy (non-hydrogen) atoms. The zero-order valence-electron chi connectivity index (χ0n) is 11.0. The highest BCUT2D eigenvalue weighted by Crippen LogP contribution is 2.18. The lowest BCUT2D eigenvalue weighted by Crippen LogP contribution is -2.53. The van der Waals surface area contributed by atoms with Gasteiger partial charge in [-0.1, -0.05) is 34.1 Å². The van der Waals surface area contributed by atoms with Crippen LogP contribution in [0.4, 0.5) is 4.79 Å². The quantitative estimate of drug-likeness (QED) is 0.847. The third kappa shape index (κ3) is 2.58. The maximum Gasteiger partial charge on any atom is 0.317 e. The van der Waals surface area contributed by atoms with Crippen LogP contribution in [-0.2, 0) is 0 Å². The predicted molar refractivity (Wildman–Crippen MR) is 78.8 cm³/mol. The molecule has 0 spiro atoms. The fraction of sp³-hybridized carbons (Fsp3) is 0.429. The number of ketones is 1. The number of amides is 2. The topological polar surface area (TPSA) is 52.7 Å². The van der Waals surface area contributed by atoms with E-state index in [4.69, 9.17) is 0 Å². The Bertz CT molecular complexity index is 549.